The van der Waals surface area contributed by atoms with Crippen LogP contribution in [0.15, 0.2) is 65.2 Å². The lowest BCUT2D eigenvalue weighted by molar-refractivity contribution is -0.121. The molecule has 0 saturated carbocycles. The van der Waals surface area contributed by atoms with Crippen molar-refractivity contribution in [2.45, 2.75) is 32.2 Å². The van der Waals surface area contributed by atoms with Crippen LogP contribution in [0, 0.1) is 11.7 Å². The van der Waals surface area contributed by atoms with E-state index in [9.17, 15) is 9.18 Å². The van der Waals surface area contributed by atoms with Gasteiger partial charge in [0.05, 0.1) is 11.8 Å². The van der Waals surface area contributed by atoms with Gasteiger partial charge in [-0.3, -0.25) is 9.69 Å². The van der Waals surface area contributed by atoms with E-state index in [1.807, 2.05) is 6.07 Å². The summed E-state index contributed by atoms with van der Waals surface area (Å²) in [5.74, 6) is 0.938. The predicted octanol–water partition coefficient (Wildman–Crippen LogP) is 4.44. The number of aromatic nitrogens is 1. The number of aryl methyl sites for hydroxylation is 1. The van der Waals surface area contributed by atoms with Crippen LogP contribution < -0.4 is 5.32 Å². The lowest BCUT2D eigenvalue weighted by atomic mass is 9.97. The van der Waals surface area contributed by atoms with Crippen LogP contribution in [0.5, 0.6) is 0 Å². The fourth-order valence-corrected chi connectivity index (χ4v) is 4.08. The lowest BCUT2D eigenvalue weighted by Crippen LogP contribution is -2.40. The molecule has 2 aromatic carbocycles. The monoisotopic (exact) mass is 421 g/mol. The fraction of sp³-hybridized carbons (Fsp3) is 0.360. The fourth-order valence-electron chi connectivity index (χ4n) is 4.08. The van der Waals surface area contributed by atoms with Crippen molar-refractivity contribution in [2.75, 3.05) is 19.6 Å². The average molecular weight is 422 g/mol. The molecular weight excluding hydrogens is 393 g/mol. The van der Waals surface area contributed by atoms with E-state index >= 15 is 0 Å². The average Bonchev–Trinajstić information content (AvgIpc) is 3.26. The minimum atomic E-state index is -0.350. The van der Waals surface area contributed by atoms with Crippen LogP contribution in [0.25, 0.3) is 11.3 Å². The summed E-state index contributed by atoms with van der Waals surface area (Å²) < 4.78 is 19.5. The van der Waals surface area contributed by atoms with Crippen molar-refractivity contribution in [1.82, 2.24) is 15.2 Å². The SMILES string of the molecule is O=C(CCc1ncc(-c2ccccc2F)o1)NCC1CCCN(Cc2ccccc2)C1. The number of nitrogens with one attached hydrogen (secondary N) is 1. The molecule has 1 aliphatic rings. The first-order chi connectivity index (χ1) is 15.2. The number of hydrogen-bond acceptors (Lipinski definition) is 4. The Morgan fingerprint density at radius 3 is 2.81 bits per heavy atom. The number of carbonyl (C=O) groups excluding carboxylic acids is 1. The normalized spacial score (nSPS) is 16.9. The Bertz CT molecular complexity index is 989. The minimum absolute atomic E-state index is 0.00850. The first-order valence-corrected chi connectivity index (χ1v) is 10.9. The van der Waals surface area contributed by atoms with Gasteiger partial charge in [0.25, 0.3) is 0 Å². The predicted molar refractivity (Wildman–Crippen MR) is 118 cm³/mol. The molecule has 0 bridgehead atoms. The molecule has 1 amide bonds. The number of halogens is 1. The molecule has 0 aliphatic carbocycles. The zero-order valence-corrected chi connectivity index (χ0v) is 17.6. The van der Waals surface area contributed by atoms with Gasteiger partial charge in [-0.15, -0.1) is 0 Å². The van der Waals surface area contributed by atoms with Crippen molar-refractivity contribution in [3.63, 3.8) is 0 Å². The Morgan fingerprint density at radius 1 is 1.16 bits per heavy atom. The molecule has 162 valence electrons. The van der Waals surface area contributed by atoms with E-state index in [0.29, 0.717) is 42.5 Å². The van der Waals surface area contributed by atoms with Crippen molar-refractivity contribution in [3.8, 4) is 11.3 Å². The van der Waals surface area contributed by atoms with Crippen LogP contribution in [0.1, 0.15) is 30.7 Å². The molecule has 31 heavy (non-hydrogen) atoms. The Balaban J connectivity index is 1.20. The maximum atomic E-state index is 13.9. The van der Waals surface area contributed by atoms with Crippen molar-refractivity contribution >= 4 is 5.91 Å². The van der Waals surface area contributed by atoms with Gasteiger partial charge < -0.3 is 9.73 Å². The maximum absolute atomic E-state index is 13.9. The number of hydrogen-bond donors (Lipinski definition) is 1. The number of benzene rings is 2. The number of rotatable bonds is 8. The van der Waals surface area contributed by atoms with Crippen molar-refractivity contribution in [2.24, 2.45) is 5.92 Å². The summed E-state index contributed by atoms with van der Waals surface area (Å²) in [6, 6.07) is 16.9. The maximum Gasteiger partial charge on any atom is 0.220 e. The van der Waals surface area contributed by atoms with Gasteiger partial charge in [0.1, 0.15) is 5.82 Å². The molecule has 1 unspecified atom stereocenters. The first-order valence-electron chi connectivity index (χ1n) is 10.9. The second kappa shape index (κ2) is 10.4. The van der Waals surface area contributed by atoms with E-state index in [2.05, 4.69) is 39.5 Å². The third-order valence-corrected chi connectivity index (χ3v) is 5.70. The number of nitrogens with zero attached hydrogens (tertiary/aromatic N) is 2. The Labute approximate surface area is 182 Å². The van der Waals surface area contributed by atoms with E-state index in [-0.39, 0.29) is 11.7 Å². The molecule has 4 rings (SSSR count). The summed E-state index contributed by atoms with van der Waals surface area (Å²) in [6.45, 7) is 3.75. The van der Waals surface area contributed by atoms with Crippen LogP contribution in [0.3, 0.4) is 0 Å². The summed E-state index contributed by atoms with van der Waals surface area (Å²) in [4.78, 5) is 19.0. The molecule has 6 heteroatoms. The summed E-state index contributed by atoms with van der Waals surface area (Å²) in [5, 5.41) is 3.06. The molecule has 1 aliphatic heterocycles. The van der Waals surface area contributed by atoms with Gasteiger partial charge in [-0.2, -0.15) is 0 Å². The van der Waals surface area contributed by atoms with Gasteiger partial charge in [0.2, 0.25) is 5.91 Å². The Morgan fingerprint density at radius 2 is 1.97 bits per heavy atom. The molecule has 1 aromatic heterocycles. The van der Waals surface area contributed by atoms with Crippen molar-refractivity contribution in [1.29, 1.82) is 0 Å². The largest absolute Gasteiger partial charge is 0.441 e. The topological polar surface area (TPSA) is 58.4 Å². The van der Waals surface area contributed by atoms with Gasteiger partial charge in [-0.05, 0) is 43.0 Å². The highest BCUT2D eigenvalue weighted by Gasteiger charge is 2.20. The molecule has 1 saturated heterocycles. The standard InChI is InChI=1S/C25H28FN3O2/c26-22-11-5-4-10-21(22)23-16-28-25(31-23)13-12-24(30)27-15-20-9-6-14-29(18-20)17-19-7-2-1-3-8-19/h1-5,7-8,10-11,16,20H,6,9,12-15,17-18H2,(H,27,30). The van der Waals surface area contributed by atoms with E-state index in [1.54, 1.807) is 18.2 Å². The molecule has 2 heterocycles. The summed E-state index contributed by atoms with van der Waals surface area (Å²) >= 11 is 0. The first kappa shape index (κ1) is 21.2. The van der Waals surface area contributed by atoms with Gasteiger partial charge in [0, 0.05) is 32.5 Å². The molecule has 1 fully saturated rings. The molecule has 1 atom stereocenters. The number of piperidine rings is 1. The molecule has 5 nitrogen and oxygen atoms in total. The van der Waals surface area contributed by atoms with E-state index < -0.39 is 0 Å². The van der Waals surface area contributed by atoms with Crippen LogP contribution in [-0.4, -0.2) is 35.4 Å². The molecule has 3 aromatic rings. The summed E-state index contributed by atoms with van der Waals surface area (Å²) in [7, 11) is 0. The smallest absolute Gasteiger partial charge is 0.220 e. The minimum Gasteiger partial charge on any atom is -0.441 e. The Kier molecular flexibility index (Phi) is 7.10. The van der Waals surface area contributed by atoms with Gasteiger partial charge in [-0.1, -0.05) is 42.5 Å². The summed E-state index contributed by atoms with van der Waals surface area (Å²) in [6.07, 6.45) is 4.50. The number of oxazole rings is 1. The van der Waals surface area contributed by atoms with Crippen LogP contribution in [0.2, 0.25) is 0 Å². The van der Waals surface area contributed by atoms with Crippen LogP contribution in [0.4, 0.5) is 4.39 Å². The third-order valence-electron chi connectivity index (χ3n) is 5.70. The highest BCUT2D eigenvalue weighted by molar-refractivity contribution is 5.76. The molecule has 0 spiro atoms. The zero-order valence-electron chi connectivity index (χ0n) is 17.6. The number of likely N-dealkylation sites (tertiary alicyclic amines) is 1. The number of carbonyl (C=O) groups is 1. The molecule has 1 N–H and O–H groups in total. The highest BCUT2D eigenvalue weighted by Crippen LogP contribution is 2.23. The van der Waals surface area contributed by atoms with Crippen molar-refractivity contribution < 1.29 is 13.6 Å². The van der Waals surface area contributed by atoms with Crippen molar-refractivity contribution in [3.05, 3.63) is 78.1 Å². The quantitative estimate of drug-likeness (QED) is 0.584. The Hall–Kier alpha value is -2.99. The lowest BCUT2D eigenvalue weighted by Gasteiger charge is -2.32. The second-order valence-corrected chi connectivity index (χ2v) is 8.13. The third kappa shape index (κ3) is 6.01. The molecule has 0 radical (unpaired) electrons. The van der Waals surface area contributed by atoms with E-state index in [0.717, 1.165) is 32.5 Å². The number of amides is 1. The van der Waals surface area contributed by atoms with Crippen LogP contribution >= 0.6 is 0 Å². The van der Waals surface area contributed by atoms with E-state index in [1.165, 1.54) is 17.8 Å². The zero-order chi connectivity index (χ0) is 21.5. The second-order valence-electron chi connectivity index (χ2n) is 8.13. The van der Waals surface area contributed by atoms with E-state index in [4.69, 9.17) is 4.42 Å². The molecular formula is C25H28FN3O2. The van der Waals surface area contributed by atoms with Gasteiger partial charge >= 0.3 is 0 Å². The van der Waals surface area contributed by atoms with Crippen LogP contribution in [-0.2, 0) is 17.8 Å². The van der Waals surface area contributed by atoms with Gasteiger partial charge in [0.15, 0.2) is 11.7 Å². The highest BCUT2D eigenvalue weighted by atomic mass is 19.1. The summed E-state index contributed by atoms with van der Waals surface area (Å²) in [5.41, 5.74) is 1.70. The van der Waals surface area contributed by atoms with Gasteiger partial charge in [-0.25, -0.2) is 9.37 Å².